The van der Waals surface area contributed by atoms with Crippen molar-refractivity contribution < 1.29 is 5.11 Å². The number of imidazole rings is 1. The van der Waals surface area contributed by atoms with Crippen LogP contribution in [0.2, 0.25) is 0 Å². The number of hydrogen-bond acceptors (Lipinski definition) is 4. The molecule has 0 saturated heterocycles. The van der Waals surface area contributed by atoms with Crippen LogP contribution in [-0.2, 0) is 13.1 Å². The van der Waals surface area contributed by atoms with E-state index in [1.54, 1.807) is 4.57 Å². The summed E-state index contributed by atoms with van der Waals surface area (Å²) in [4.78, 5) is 33.9. The zero-order valence-corrected chi connectivity index (χ0v) is 16.1. The van der Waals surface area contributed by atoms with Gasteiger partial charge in [-0.1, -0.05) is 13.8 Å². The van der Waals surface area contributed by atoms with Gasteiger partial charge >= 0.3 is 5.69 Å². The summed E-state index contributed by atoms with van der Waals surface area (Å²) in [5.41, 5.74) is -0.159. The van der Waals surface area contributed by atoms with E-state index in [0.717, 1.165) is 44.3 Å². The molecule has 4 bridgehead atoms. The van der Waals surface area contributed by atoms with E-state index in [4.69, 9.17) is 4.98 Å². The third-order valence-corrected chi connectivity index (χ3v) is 7.20. The van der Waals surface area contributed by atoms with E-state index >= 15 is 0 Å². The van der Waals surface area contributed by atoms with Gasteiger partial charge in [-0.25, -0.2) is 9.78 Å². The second-order valence-corrected chi connectivity index (χ2v) is 8.95. The topological polar surface area (TPSA) is 92.9 Å². The van der Waals surface area contributed by atoms with Crippen molar-refractivity contribution in [3.05, 3.63) is 26.7 Å². The number of fused-ring (bicyclic) bond motifs is 1. The predicted molar refractivity (Wildman–Crippen MR) is 102 cm³/mol. The third kappa shape index (κ3) is 2.27. The lowest BCUT2D eigenvalue weighted by Gasteiger charge is -2.30. The number of aryl methyl sites for hydroxylation is 1. The van der Waals surface area contributed by atoms with E-state index in [9.17, 15) is 14.7 Å². The second kappa shape index (κ2) is 5.80. The lowest BCUT2D eigenvalue weighted by Crippen LogP contribution is -2.40. The lowest BCUT2D eigenvalue weighted by molar-refractivity contribution is 0.00931. The molecule has 146 valence electrons. The molecule has 4 aliphatic rings. The molecule has 7 heteroatoms. The van der Waals surface area contributed by atoms with E-state index in [2.05, 4.69) is 4.98 Å². The summed E-state index contributed by atoms with van der Waals surface area (Å²) in [6.07, 6.45) is 5.48. The molecule has 2 aromatic heterocycles. The van der Waals surface area contributed by atoms with Crippen LogP contribution in [0.15, 0.2) is 9.59 Å². The molecule has 5 atom stereocenters. The Kier molecular flexibility index (Phi) is 3.70. The van der Waals surface area contributed by atoms with Crippen molar-refractivity contribution in [3.63, 3.8) is 0 Å². The first-order valence-electron chi connectivity index (χ1n) is 10.4. The van der Waals surface area contributed by atoms with Crippen molar-refractivity contribution >= 4 is 11.2 Å². The zero-order valence-electron chi connectivity index (χ0n) is 16.1. The maximum Gasteiger partial charge on any atom is 0.332 e. The van der Waals surface area contributed by atoms with Crippen LogP contribution in [-0.4, -0.2) is 29.8 Å². The summed E-state index contributed by atoms with van der Waals surface area (Å²) in [6, 6.07) is 0. The molecular formula is C20H28N4O3. The Morgan fingerprint density at radius 2 is 1.89 bits per heavy atom. The monoisotopic (exact) mass is 372 g/mol. The Labute approximate surface area is 157 Å². The van der Waals surface area contributed by atoms with Crippen molar-refractivity contribution in [2.75, 3.05) is 0 Å². The summed E-state index contributed by atoms with van der Waals surface area (Å²) in [6.45, 7) is 4.95. The van der Waals surface area contributed by atoms with Crippen LogP contribution >= 0.6 is 0 Å². The van der Waals surface area contributed by atoms with Crippen LogP contribution in [0.1, 0.15) is 64.1 Å². The molecule has 4 saturated carbocycles. The highest BCUT2D eigenvalue weighted by Crippen LogP contribution is 2.65. The molecular weight excluding hydrogens is 344 g/mol. The highest BCUT2D eigenvalue weighted by Gasteiger charge is 2.63. The van der Waals surface area contributed by atoms with Crippen LogP contribution < -0.4 is 11.2 Å². The fourth-order valence-electron chi connectivity index (χ4n) is 6.38. The average molecular weight is 372 g/mol. The molecule has 2 N–H and O–H groups in total. The van der Waals surface area contributed by atoms with E-state index in [-0.39, 0.29) is 23.1 Å². The maximum atomic E-state index is 12.9. The van der Waals surface area contributed by atoms with Gasteiger partial charge in [0.05, 0.1) is 5.60 Å². The Morgan fingerprint density at radius 1 is 1.15 bits per heavy atom. The number of aliphatic hydroxyl groups is 1. The molecule has 2 heterocycles. The van der Waals surface area contributed by atoms with Crippen LogP contribution in [0.3, 0.4) is 0 Å². The van der Waals surface area contributed by atoms with Gasteiger partial charge in [0, 0.05) is 19.0 Å². The Hall–Kier alpha value is -1.89. The Bertz CT molecular complexity index is 1020. The minimum Gasteiger partial charge on any atom is -0.390 e. The fraction of sp³-hybridized carbons (Fsp3) is 0.750. The molecule has 2 aromatic rings. The predicted octanol–water partition coefficient (Wildman–Crippen LogP) is 1.97. The van der Waals surface area contributed by atoms with Crippen LogP contribution in [0, 0.1) is 17.8 Å². The van der Waals surface area contributed by atoms with Crippen molar-refractivity contribution in [2.45, 2.75) is 77.0 Å². The van der Waals surface area contributed by atoms with Crippen molar-refractivity contribution in [2.24, 2.45) is 17.8 Å². The van der Waals surface area contributed by atoms with Crippen LogP contribution in [0.25, 0.3) is 11.2 Å². The number of nitrogens with one attached hydrogen (secondary N) is 1. The molecule has 4 aliphatic carbocycles. The van der Waals surface area contributed by atoms with Gasteiger partial charge < -0.3 is 10.1 Å². The van der Waals surface area contributed by atoms with Gasteiger partial charge in [-0.15, -0.1) is 0 Å². The van der Waals surface area contributed by atoms with Crippen molar-refractivity contribution in [3.8, 4) is 0 Å². The number of hydrogen-bond donors (Lipinski definition) is 2. The van der Waals surface area contributed by atoms with E-state index in [1.807, 2.05) is 13.8 Å². The molecule has 0 aromatic carbocycles. The number of aromatic amines is 1. The van der Waals surface area contributed by atoms with Gasteiger partial charge in [-0.2, -0.15) is 0 Å². The largest absolute Gasteiger partial charge is 0.390 e. The number of rotatable bonds is 5. The Morgan fingerprint density at radius 3 is 2.59 bits per heavy atom. The molecule has 6 rings (SSSR count). The quantitative estimate of drug-likeness (QED) is 0.839. The highest BCUT2D eigenvalue weighted by molar-refractivity contribution is 5.70. The highest BCUT2D eigenvalue weighted by atomic mass is 16.3. The standard InChI is InChI=1S/C20H28N4O3/c1-3-5-23-17-15(18(25)24(6-4-2)19(23)26)21-16(22-17)14-12-7-11-8-13(14)20(27,9-11)10-12/h11-14,27H,3-10H2,1-2H3,(H,21,22). The first kappa shape index (κ1) is 17.2. The number of aromatic nitrogens is 4. The molecule has 0 aliphatic heterocycles. The van der Waals surface area contributed by atoms with Crippen LogP contribution in [0.5, 0.6) is 0 Å². The number of nitrogens with zero attached hydrogens (tertiary/aromatic N) is 3. The molecule has 0 amide bonds. The summed E-state index contributed by atoms with van der Waals surface area (Å²) in [5.74, 6) is 2.26. The van der Waals surface area contributed by atoms with E-state index in [0.29, 0.717) is 36.1 Å². The second-order valence-electron chi connectivity index (χ2n) is 8.95. The van der Waals surface area contributed by atoms with Gasteiger partial charge in [0.25, 0.3) is 5.56 Å². The van der Waals surface area contributed by atoms with Gasteiger partial charge in [0.15, 0.2) is 5.65 Å². The normalized spacial score (nSPS) is 34.2. The summed E-state index contributed by atoms with van der Waals surface area (Å²) in [7, 11) is 0. The first-order chi connectivity index (χ1) is 13.0. The third-order valence-electron chi connectivity index (χ3n) is 7.20. The SMILES string of the molecule is CCCn1c(=O)c2[nH]c(C3C4CC5CC3C(O)(C5)C4)nc2n(CCC)c1=O. The van der Waals surface area contributed by atoms with Crippen molar-refractivity contribution in [1.29, 1.82) is 0 Å². The minimum atomic E-state index is -0.553. The van der Waals surface area contributed by atoms with E-state index in [1.165, 1.54) is 4.57 Å². The van der Waals surface area contributed by atoms with Gasteiger partial charge in [-0.05, 0) is 56.3 Å². The Balaban J connectivity index is 1.68. The summed E-state index contributed by atoms with van der Waals surface area (Å²) >= 11 is 0. The summed E-state index contributed by atoms with van der Waals surface area (Å²) in [5, 5.41) is 11.0. The minimum absolute atomic E-state index is 0.172. The van der Waals surface area contributed by atoms with Gasteiger partial charge in [0.2, 0.25) is 0 Å². The summed E-state index contributed by atoms with van der Waals surface area (Å²) < 4.78 is 2.98. The van der Waals surface area contributed by atoms with Crippen molar-refractivity contribution in [1.82, 2.24) is 19.1 Å². The smallest absolute Gasteiger partial charge is 0.332 e. The first-order valence-corrected chi connectivity index (χ1v) is 10.4. The fourth-order valence-corrected chi connectivity index (χ4v) is 6.38. The molecule has 5 unspecified atom stereocenters. The van der Waals surface area contributed by atoms with Gasteiger partial charge in [0.1, 0.15) is 11.3 Å². The molecule has 0 radical (unpaired) electrons. The lowest BCUT2D eigenvalue weighted by atomic mass is 9.75. The van der Waals surface area contributed by atoms with Gasteiger partial charge in [-0.3, -0.25) is 13.9 Å². The van der Waals surface area contributed by atoms with E-state index < -0.39 is 5.60 Å². The molecule has 27 heavy (non-hydrogen) atoms. The zero-order chi connectivity index (χ0) is 18.9. The maximum absolute atomic E-state index is 12.9. The average Bonchev–Trinajstić information content (AvgIpc) is 3.21. The molecule has 4 fully saturated rings. The molecule has 7 nitrogen and oxygen atoms in total. The number of H-pyrrole nitrogens is 1. The molecule has 0 spiro atoms. The van der Waals surface area contributed by atoms with Crippen LogP contribution in [0.4, 0.5) is 0 Å².